The second-order valence-electron chi connectivity index (χ2n) is 6.39. The Kier molecular flexibility index (Phi) is 5.62. The Bertz CT molecular complexity index is 1170. The van der Waals surface area contributed by atoms with E-state index in [4.69, 9.17) is 4.42 Å². The first-order valence-corrected chi connectivity index (χ1v) is 10.2. The predicted octanol–water partition coefficient (Wildman–Crippen LogP) is 3.12. The SMILES string of the molecule is CC[C@@H](C)NS(=O)(=O)c1ccc(NC(=O)c2cc3ccccc3oc2=O)cc1. The van der Waals surface area contributed by atoms with Crippen molar-refractivity contribution in [1.29, 1.82) is 0 Å². The van der Waals surface area contributed by atoms with Gasteiger partial charge >= 0.3 is 5.63 Å². The Morgan fingerprint density at radius 3 is 2.46 bits per heavy atom. The number of nitrogens with one attached hydrogen (secondary N) is 2. The largest absolute Gasteiger partial charge is 0.422 e. The third kappa shape index (κ3) is 4.29. The summed E-state index contributed by atoms with van der Waals surface area (Å²) < 4.78 is 32.3. The normalized spacial score (nSPS) is 12.6. The molecule has 0 bridgehead atoms. The molecule has 1 aromatic heterocycles. The van der Waals surface area contributed by atoms with Gasteiger partial charge in [-0.2, -0.15) is 0 Å². The summed E-state index contributed by atoms with van der Waals surface area (Å²) in [4.78, 5) is 24.6. The molecule has 0 aliphatic heterocycles. The molecule has 3 rings (SSSR count). The average Bonchev–Trinajstić information content (AvgIpc) is 2.67. The summed E-state index contributed by atoms with van der Waals surface area (Å²) in [6, 6.07) is 13.9. The molecule has 8 heteroatoms. The van der Waals surface area contributed by atoms with Gasteiger partial charge in [-0.15, -0.1) is 0 Å². The molecule has 0 aliphatic carbocycles. The summed E-state index contributed by atoms with van der Waals surface area (Å²) in [5.74, 6) is -0.632. The molecule has 0 saturated carbocycles. The molecule has 2 N–H and O–H groups in total. The third-order valence-corrected chi connectivity index (χ3v) is 5.88. The van der Waals surface area contributed by atoms with E-state index in [2.05, 4.69) is 10.0 Å². The maximum absolute atomic E-state index is 12.4. The summed E-state index contributed by atoms with van der Waals surface area (Å²) in [5.41, 5.74) is -0.116. The van der Waals surface area contributed by atoms with Crippen LogP contribution in [0.3, 0.4) is 0 Å². The zero-order chi connectivity index (χ0) is 20.3. The van der Waals surface area contributed by atoms with E-state index in [9.17, 15) is 18.0 Å². The van der Waals surface area contributed by atoms with Gasteiger partial charge in [0.05, 0.1) is 4.90 Å². The topological polar surface area (TPSA) is 105 Å². The maximum Gasteiger partial charge on any atom is 0.349 e. The molecule has 146 valence electrons. The van der Waals surface area contributed by atoms with E-state index in [-0.39, 0.29) is 16.5 Å². The van der Waals surface area contributed by atoms with Crippen molar-refractivity contribution in [1.82, 2.24) is 4.72 Å². The molecule has 0 fully saturated rings. The molecule has 7 nitrogen and oxygen atoms in total. The first kappa shape index (κ1) is 19.8. The van der Waals surface area contributed by atoms with E-state index in [0.29, 0.717) is 23.1 Å². The van der Waals surface area contributed by atoms with Crippen molar-refractivity contribution in [3.05, 3.63) is 70.6 Å². The van der Waals surface area contributed by atoms with Crippen LogP contribution < -0.4 is 15.7 Å². The zero-order valence-electron chi connectivity index (χ0n) is 15.4. The first-order chi connectivity index (χ1) is 13.3. The Morgan fingerprint density at radius 2 is 1.79 bits per heavy atom. The fourth-order valence-electron chi connectivity index (χ4n) is 2.55. The Hall–Kier alpha value is -2.97. The van der Waals surface area contributed by atoms with Crippen molar-refractivity contribution in [2.45, 2.75) is 31.2 Å². The Balaban J connectivity index is 1.80. The van der Waals surface area contributed by atoms with Gasteiger partial charge in [0, 0.05) is 17.1 Å². The van der Waals surface area contributed by atoms with Crippen LogP contribution in [0.1, 0.15) is 30.6 Å². The summed E-state index contributed by atoms with van der Waals surface area (Å²) in [7, 11) is -3.63. The highest BCUT2D eigenvalue weighted by molar-refractivity contribution is 7.89. The number of hydrogen-bond acceptors (Lipinski definition) is 5. The second kappa shape index (κ2) is 7.95. The highest BCUT2D eigenvalue weighted by atomic mass is 32.2. The molecule has 0 aliphatic rings. The van der Waals surface area contributed by atoms with Gasteiger partial charge in [-0.25, -0.2) is 17.9 Å². The van der Waals surface area contributed by atoms with Crippen LogP contribution in [-0.4, -0.2) is 20.4 Å². The van der Waals surface area contributed by atoms with E-state index in [1.165, 1.54) is 30.3 Å². The Morgan fingerprint density at radius 1 is 1.11 bits per heavy atom. The number of benzene rings is 2. The number of hydrogen-bond donors (Lipinski definition) is 2. The quantitative estimate of drug-likeness (QED) is 0.619. The van der Waals surface area contributed by atoms with E-state index >= 15 is 0 Å². The number of rotatable bonds is 6. The molecule has 0 spiro atoms. The van der Waals surface area contributed by atoms with Crippen LogP contribution in [-0.2, 0) is 10.0 Å². The average molecular weight is 400 g/mol. The van der Waals surface area contributed by atoms with Crippen LogP contribution in [0, 0.1) is 0 Å². The summed E-state index contributed by atoms with van der Waals surface area (Å²) in [6.07, 6.45) is 0.668. The molecular formula is C20H20N2O5S. The van der Waals surface area contributed by atoms with Crippen molar-refractivity contribution in [3.8, 4) is 0 Å². The molecule has 2 aromatic carbocycles. The summed E-state index contributed by atoms with van der Waals surface area (Å²) in [6.45, 7) is 3.66. The predicted molar refractivity (Wildman–Crippen MR) is 107 cm³/mol. The van der Waals surface area contributed by atoms with Crippen LogP contribution in [0.2, 0.25) is 0 Å². The van der Waals surface area contributed by atoms with Crippen LogP contribution in [0.25, 0.3) is 11.0 Å². The maximum atomic E-state index is 12.4. The molecule has 1 amide bonds. The lowest BCUT2D eigenvalue weighted by Gasteiger charge is -2.12. The van der Waals surface area contributed by atoms with E-state index in [1.807, 2.05) is 6.92 Å². The lowest BCUT2D eigenvalue weighted by molar-refractivity contribution is 0.102. The fraction of sp³-hybridized carbons (Fsp3) is 0.200. The van der Waals surface area contributed by atoms with Gasteiger partial charge in [-0.05, 0) is 49.7 Å². The number of fused-ring (bicyclic) bond motifs is 1. The van der Waals surface area contributed by atoms with Crippen molar-refractivity contribution in [2.24, 2.45) is 0 Å². The molecule has 3 aromatic rings. The minimum absolute atomic E-state index is 0.0935. The van der Waals surface area contributed by atoms with Crippen LogP contribution in [0.4, 0.5) is 5.69 Å². The number of anilines is 1. The highest BCUT2D eigenvalue weighted by Crippen LogP contribution is 2.17. The smallest absolute Gasteiger partial charge is 0.349 e. The highest BCUT2D eigenvalue weighted by Gasteiger charge is 2.17. The van der Waals surface area contributed by atoms with Gasteiger partial charge in [0.1, 0.15) is 11.1 Å². The van der Waals surface area contributed by atoms with Crippen molar-refractivity contribution in [3.63, 3.8) is 0 Å². The van der Waals surface area contributed by atoms with Gasteiger partial charge in [0.2, 0.25) is 10.0 Å². The summed E-state index contributed by atoms with van der Waals surface area (Å²) in [5, 5.41) is 3.21. The monoisotopic (exact) mass is 400 g/mol. The molecule has 1 heterocycles. The van der Waals surface area contributed by atoms with Gasteiger partial charge < -0.3 is 9.73 Å². The van der Waals surface area contributed by atoms with Crippen LogP contribution >= 0.6 is 0 Å². The number of para-hydroxylation sites is 1. The van der Waals surface area contributed by atoms with Crippen molar-refractivity contribution < 1.29 is 17.6 Å². The lowest BCUT2D eigenvalue weighted by Crippen LogP contribution is -2.31. The minimum Gasteiger partial charge on any atom is -0.422 e. The number of sulfonamides is 1. The zero-order valence-corrected chi connectivity index (χ0v) is 16.2. The number of amides is 1. The van der Waals surface area contributed by atoms with Crippen molar-refractivity contribution in [2.75, 3.05) is 5.32 Å². The standard InChI is InChI=1S/C20H20N2O5S/c1-3-13(2)22-28(25,26)16-10-8-15(9-11-16)21-19(23)17-12-14-6-4-5-7-18(14)27-20(17)24/h4-13,22H,3H2,1-2H3,(H,21,23)/t13-/m1/s1. The molecule has 28 heavy (non-hydrogen) atoms. The molecule has 0 unspecified atom stereocenters. The molecule has 1 atom stereocenters. The van der Waals surface area contributed by atoms with Crippen molar-refractivity contribution >= 4 is 32.6 Å². The van der Waals surface area contributed by atoms with E-state index in [0.717, 1.165) is 0 Å². The molecule has 0 radical (unpaired) electrons. The van der Waals surface area contributed by atoms with Gasteiger partial charge in [-0.1, -0.05) is 25.1 Å². The second-order valence-corrected chi connectivity index (χ2v) is 8.11. The Labute approximate surface area is 162 Å². The number of carbonyl (C=O) groups excluding carboxylic acids is 1. The van der Waals surface area contributed by atoms with Gasteiger partial charge in [0.25, 0.3) is 5.91 Å². The van der Waals surface area contributed by atoms with E-state index in [1.54, 1.807) is 31.2 Å². The molecular weight excluding hydrogens is 380 g/mol. The third-order valence-electron chi connectivity index (χ3n) is 4.28. The first-order valence-electron chi connectivity index (χ1n) is 8.77. The minimum atomic E-state index is -3.63. The number of carbonyl (C=O) groups is 1. The lowest BCUT2D eigenvalue weighted by atomic mass is 10.1. The fourth-order valence-corrected chi connectivity index (χ4v) is 3.88. The van der Waals surface area contributed by atoms with E-state index < -0.39 is 21.6 Å². The van der Waals surface area contributed by atoms with Crippen LogP contribution in [0.15, 0.2) is 68.7 Å². The summed E-state index contributed by atoms with van der Waals surface area (Å²) >= 11 is 0. The van der Waals surface area contributed by atoms with Gasteiger partial charge in [-0.3, -0.25) is 4.79 Å². The molecule has 0 saturated heterocycles. The van der Waals surface area contributed by atoms with Crippen LogP contribution in [0.5, 0.6) is 0 Å². The van der Waals surface area contributed by atoms with Gasteiger partial charge in [0.15, 0.2) is 0 Å².